The summed E-state index contributed by atoms with van der Waals surface area (Å²) in [6.45, 7) is 0. The molecule has 0 aromatic heterocycles. The molecule has 2 rings (SSSR count). The quantitative estimate of drug-likeness (QED) is 0.713. The van der Waals surface area contributed by atoms with Crippen LogP contribution in [0, 0.1) is 0 Å². The van der Waals surface area contributed by atoms with Crippen LogP contribution in [-0.4, -0.2) is 24.1 Å². The minimum absolute atomic E-state index is 0.0989. The third kappa shape index (κ3) is 2.07. The topological polar surface area (TPSA) is 83.5 Å². The number of nitrogens with one attached hydrogen (secondary N) is 1. The van der Waals surface area contributed by atoms with Crippen molar-refractivity contribution in [2.75, 3.05) is 5.32 Å². The van der Waals surface area contributed by atoms with Gasteiger partial charge in [0.25, 0.3) is 10.1 Å². The van der Waals surface area contributed by atoms with Gasteiger partial charge in [-0.15, -0.1) is 0 Å². The summed E-state index contributed by atoms with van der Waals surface area (Å²) in [5.41, 5.74) is 1.49. The molecule has 1 amide bonds. The molecule has 0 saturated heterocycles. The molecule has 86 valence electrons. The van der Waals surface area contributed by atoms with Crippen LogP contribution in [0.2, 0.25) is 0 Å². The van der Waals surface area contributed by atoms with Gasteiger partial charge in [-0.2, -0.15) is 8.42 Å². The maximum absolute atomic E-state index is 11.6. The van der Waals surface area contributed by atoms with Gasteiger partial charge in [0.1, 0.15) is 0 Å². The Morgan fingerprint density at radius 2 is 2.00 bits per heavy atom. The van der Waals surface area contributed by atoms with Crippen LogP contribution in [-0.2, 0) is 21.3 Å². The fourth-order valence-electron chi connectivity index (χ4n) is 1.78. The van der Waals surface area contributed by atoms with Gasteiger partial charge in [-0.3, -0.25) is 9.35 Å². The highest BCUT2D eigenvalue weighted by Gasteiger charge is 2.33. The van der Waals surface area contributed by atoms with E-state index in [1.165, 1.54) is 0 Å². The van der Waals surface area contributed by atoms with Gasteiger partial charge in [-0.25, -0.2) is 0 Å². The fraction of sp³-hybridized carbons (Fsp3) is 0.300. The van der Waals surface area contributed by atoms with Crippen LogP contribution in [0.1, 0.15) is 12.0 Å². The Bertz CT molecular complexity index is 523. The van der Waals surface area contributed by atoms with Crippen molar-refractivity contribution in [2.45, 2.75) is 18.1 Å². The molecule has 1 aliphatic heterocycles. The zero-order valence-corrected chi connectivity index (χ0v) is 9.20. The molecular weight excluding hydrogens is 230 g/mol. The Kier molecular flexibility index (Phi) is 2.69. The second kappa shape index (κ2) is 3.88. The molecule has 1 aliphatic rings. The first-order valence-corrected chi connectivity index (χ1v) is 6.34. The van der Waals surface area contributed by atoms with Crippen molar-refractivity contribution in [3.05, 3.63) is 29.8 Å². The fourth-order valence-corrected chi connectivity index (χ4v) is 2.52. The van der Waals surface area contributed by atoms with Crippen molar-refractivity contribution < 1.29 is 17.8 Å². The Hall–Kier alpha value is -1.40. The SMILES string of the molecule is O=C1Nc2ccccc2CC[C@@H]1S(=O)(=O)O. The molecule has 0 saturated carbocycles. The van der Waals surface area contributed by atoms with E-state index in [1.807, 2.05) is 12.1 Å². The van der Waals surface area contributed by atoms with Crippen LogP contribution in [0.5, 0.6) is 0 Å². The number of rotatable bonds is 1. The van der Waals surface area contributed by atoms with Crippen molar-refractivity contribution in [3.8, 4) is 0 Å². The lowest BCUT2D eigenvalue weighted by Crippen LogP contribution is -2.33. The van der Waals surface area contributed by atoms with Crippen LogP contribution in [0.15, 0.2) is 24.3 Å². The molecule has 0 bridgehead atoms. The first-order chi connectivity index (χ1) is 7.48. The van der Waals surface area contributed by atoms with Crippen LogP contribution in [0.4, 0.5) is 5.69 Å². The summed E-state index contributed by atoms with van der Waals surface area (Å²) in [5, 5.41) is 1.13. The van der Waals surface area contributed by atoms with E-state index in [2.05, 4.69) is 5.32 Å². The van der Waals surface area contributed by atoms with E-state index in [4.69, 9.17) is 4.55 Å². The third-order valence-corrected chi connectivity index (χ3v) is 3.77. The Labute approximate surface area is 93.2 Å². The first kappa shape index (κ1) is 11.1. The van der Waals surface area contributed by atoms with Gasteiger partial charge < -0.3 is 5.32 Å². The van der Waals surface area contributed by atoms with Gasteiger partial charge >= 0.3 is 0 Å². The predicted octanol–water partition coefficient (Wildman–Crippen LogP) is 0.828. The van der Waals surface area contributed by atoms with Crippen molar-refractivity contribution in [2.24, 2.45) is 0 Å². The second-order valence-corrected chi connectivity index (χ2v) is 5.29. The standard InChI is InChI=1S/C10H11NO4S/c12-10-9(16(13,14)15)6-5-7-3-1-2-4-8(7)11-10/h1-4,9H,5-6H2,(H,11,12)(H,13,14,15)/t9-/m0/s1. The summed E-state index contributed by atoms with van der Waals surface area (Å²) in [7, 11) is -4.33. The number of amides is 1. The molecule has 0 aliphatic carbocycles. The summed E-state index contributed by atoms with van der Waals surface area (Å²) in [6.07, 6.45) is 0.543. The Balaban J connectivity index is 2.36. The molecule has 16 heavy (non-hydrogen) atoms. The monoisotopic (exact) mass is 241 g/mol. The zero-order chi connectivity index (χ0) is 11.8. The maximum atomic E-state index is 11.6. The minimum atomic E-state index is -4.33. The maximum Gasteiger partial charge on any atom is 0.276 e. The van der Waals surface area contributed by atoms with Crippen LogP contribution in [0.3, 0.4) is 0 Å². The molecule has 0 fully saturated rings. The van der Waals surface area contributed by atoms with Crippen LogP contribution in [0.25, 0.3) is 0 Å². The molecule has 1 aromatic rings. The highest BCUT2D eigenvalue weighted by Crippen LogP contribution is 2.23. The Morgan fingerprint density at radius 3 is 2.69 bits per heavy atom. The minimum Gasteiger partial charge on any atom is -0.325 e. The normalized spacial score (nSPS) is 20.8. The molecule has 2 N–H and O–H groups in total. The second-order valence-electron chi connectivity index (χ2n) is 3.69. The number of hydrogen-bond donors (Lipinski definition) is 2. The third-order valence-electron chi connectivity index (χ3n) is 2.60. The van der Waals surface area contributed by atoms with E-state index in [-0.39, 0.29) is 6.42 Å². The highest BCUT2D eigenvalue weighted by atomic mass is 32.2. The molecule has 0 unspecified atom stereocenters. The summed E-state index contributed by atoms with van der Waals surface area (Å²) >= 11 is 0. The summed E-state index contributed by atoms with van der Waals surface area (Å²) in [4.78, 5) is 11.6. The van der Waals surface area contributed by atoms with Gasteiger partial charge in [0.15, 0.2) is 5.25 Å². The molecule has 0 radical (unpaired) electrons. The van der Waals surface area contributed by atoms with Crippen LogP contribution >= 0.6 is 0 Å². The highest BCUT2D eigenvalue weighted by molar-refractivity contribution is 7.87. The van der Waals surface area contributed by atoms with E-state index >= 15 is 0 Å². The number of aryl methyl sites for hydroxylation is 1. The van der Waals surface area contributed by atoms with Crippen molar-refractivity contribution in [1.29, 1.82) is 0 Å². The van der Waals surface area contributed by atoms with E-state index in [0.717, 1.165) is 5.56 Å². The molecule has 1 atom stereocenters. The van der Waals surface area contributed by atoms with Gasteiger partial charge in [-0.05, 0) is 24.5 Å². The van der Waals surface area contributed by atoms with E-state index in [1.54, 1.807) is 12.1 Å². The van der Waals surface area contributed by atoms with E-state index < -0.39 is 21.3 Å². The summed E-state index contributed by atoms with van der Waals surface area (Å²) < 4.78 is 30.9. The number of hydrogen-bond acceptors (Lipinski definition) is 3. The van der Waals surface area contributed by atoms with Crippen molar-refractivity contribution >= 4 is 21.7 Å². The molecule has 6 heteroatoms. The number of anilines is 1. The number of carbonyl (C=O) groups is 1. The number of benzene rings is 1. The van der Waals surface area contributed by atoms with Crippen molar-refractivity contribution in [1.82, 2.24) is 0 Å². The molecular formula is C10H11NO4S. The number of carbonyl (C=O) groups excluding carboxylic acids is 1. The van der Waals surface area contributed by atoms with E-state index in [0.29, 0.717) is 12.1 Å². The predicted molar refractivity (Wildman–Crippen MR) is 58.7 cm³/mol. The molecule has 1 heterocycles. The molecule has 1 aromatic carbocycles. The van der Waals surface area contributed by atoms with Gasteiger partial charge in [0.2, 0.25) is 5.91 Å². The lowest BCUT2D eigenvalue weighted by molar-refractivity contribution is -0.115. The zero-order valence-electron chi connectivity index (χ0n) is 8.38. The van der Waals surface area contributed by atoms with Gasteiger partial charge in [-0.1, -0.05) is 18.2 Å². The largest absolute Gasteiger partial charge is 0.325 e. The lowest BCUT2D eigenvalue weighted by Gasteiger charge is -2.08. The summed E-state index contributed by atoms with van der Waals surface area (Å²) in [6, 6.07) is 7.10. The number of para-hydroxylation sites is 1. The summed E-state index contributed by atoms with van der Waals surface area (Å²) in [5.74, 6) is -0.674. The molecule has 5 nitrogen and oxygen atoms in total. The first-order valence-electron chi connectivity index (χ1n) is 4.83. The van der Waals surface area contributed by atoms with Gasteiger partial charge in [0, 0.05) is 5.69 Å². The smallest absolute Gasteiger partial charge is 0.276 e. The van der Waals surface area contributed by atoms with E-state index in [9.17, 15) is 13.2 Å². The average Bonchev–Trinajstić information content (AvgIpc) is 2.34. The lowest BCUT2D eigenvalue weighted by atomic mass is 10.1. The molecule has 0 spiro atoms. The van der Waals surface area contributed by atoms with Gasteiger partial charge in [0.05, 0.1) is 0 Å². The average molecular weight is 241 g/mol. The van der Waals surface area contributed by atoms with Crippen molar-refractivity contribution in [3.63, 3.8) is 0 Å². The Morgan fingerprint density at radius 1 is 1.31 bits per heavy atom. The number of fused-ring (bicyclic) bond motifs is 1. The van der Waals surface area contributed by atoms with Crippen LogP contribution < -0.4 is 5.32 Å².